The molecule has 3 aromatic heterocycles. The molecule has 0 bridgehead atoms. The zero-order valence-electron chi connectivity index (χ0n) is 17.5. The fraction of sp³-hybridized carbons (Fsp3) is 0.348. The van der Waals surface area contributed by atoms with Gasteiger partial charge in [0.2, 0.25) is 0 Å². The molecule has 0 aliphatic carbocycles. The Hall–Kier alpha value is -2.99. The molecular weight excluding hydrogens is 364 g/mol. The predicted octanol–water partition coefficient (Wildman–Crippen LogP) is 4.40. The number of carbonyl (C=O) groups excluding carboxylic acids is 1. The van der Waals surface area contributed by atoms with Gasteiger partial charge in [-0.2, -0.15) is 5.10 Å². The summed E-state index contributed by atoms with van der Waals surface area (Å²) in [6, 6.07) is 5.96. The van der Waals surface area contributed by atoms with Crippen molar-refractivity contribution in [2.24, 2.45) is 5.41 Å². The highest BCUT2D eigenvalue weighted by atomic mass is 16.3. The van der Waals surface area contributed by atoms with Crippen LogP contribution in [0.1, 0.15) is 49.3 Å². The smallest absolute Gasteiger partial charge is 0.161 e. The molecule has 29 heavy (non-hydrogen) atoms. The molecule has 0 atom stereocenters. The molecule has 6 nitrogen and oxygen atoms in total. The summed E-state index contributed by atoms with van der Waals surface area (Å²) < 4.78 is 3.88. The number of aliphatic hydroxyl groups excluding tert-OH is 1. The van der Waals surface area contributed by atoms with Crippen LogP contribution in [0, 0.1) is 12.3 Å². The number of rotatable bonds is 4. The first kappa shape index (κ1) is 19.3. The quantitative estimate of drug-likeness (QED) is 0.524. The van der Waals surface area contributed by atoms with Crippen molar-refractivity contribution in [3.63, 3.8) is 0 Å². The van der Waals surface area contributed by atoms with E-state index in [2.05, 4.69) is 54.5 Å². The predicted molar refractivity (Wildman–Crippen MR) is 114 cm³/mol. The molecular formula is C23H26N4O2. The van der Waals surface area contributed by atoms with Crippen LogP contribution in [-0.2, 0) is 13.2 Å². The van der Waals surface area contributed by atoms with Crippen LogP contribution in [0.4, 0.5) is 0 Å². The average molecular weight is 390 g/mol. The molecule has 0 fully saturated rings. The van der Waals surface area contributed by atoms with Gasteiger partial charge in [0.15, 0.2) is 11.4 Å². The molecule has 0 radical (unpaired) electrons. The summed E-state index contributed by atoms with van der Waals surface area (Å²) in [5, 5.41) is 14.6. The van der Waals surface area contributed by atoms with E-state index in [1.54, 1.807) is 23.7 Å². The molecule has 0 amide bonds. The number of hydrogen-bond acceptors (Lipinski definition) is 4. The third-order valence-electron chi connectivity index (χ3n) is 5.05. The van der Waals surface area contributed by atoms with Crippen molar-refractivity contribution in [1.29, 1.82) is 0 Å². The first-order valence-electron chi connectivity index (χ1n) is 9.76. The first-order valence-corrected chi connectivity index (χ1v) is 9.76. The maximum absolute atomic E-state index is 12.3. The second kappa shape index (κ2) is 6.81. The third-order valence-corrected chi connectivity index (χ3v) is 5.05. The van der Waals surface area contributed by atoms with Crippen molar-refractivity contribution >= 4 is 22.3 Å². The van der Waals surface area contributed by atoms with Gasteiger partial charge in [-0.3, -0.25) is 4.79 Å². The highest BCUT2D eigenvalue weighted by Crippen LogP contribution is 2.33. The molecule has 3 heterocycles. The summed E-state index contributed by atoms with van der Waals surface area (Å²) in [5.74, 6) is 0.0625. The van der Waals surface area contributed by atoms with Crippen LogP contribution in [0.15, 0.2) is 36.8 Å². The molecule has 0 unspecified atom stereocenters. The van der Waals surface area contributed by atoms with E-state index < -0.39 is 0 Å². The Morgan fingerprint density at radius 1 is 1.14 bits per heavy atom. The van der Waals surface area contributed by atoms with Gasteiger partial charge in [-0.1, -0.05) is 20.8 Å². The van der Waals surface area contributed by atoms with E-state index in [0.717, 1.165) is 39.7 Å². The zero-order chi connectivity index (χ0) is 20.9. The number of aromatic nitrogens is 4. The molecule has 150 valence electrons. The standard InChI is InChI=1S/C23H26N4O2/c1-14-6-16(17-9-24-21-8-18(12-28)25-27(21)10-17)7-19-20(15(2)29)11-26(22(14)19)13-23(3,4)5/h6-11,28H,12-13H2,1-5H3. The molecule has 0 spiro atoms. The molecule has 1 aromatic carbocycles. The van der Waals surface area contributed by atoms with Crippen molar-refractivity contribution in [1.82, 2.24) is 19.2 Å². The van der Waals surface area contributed by atoms with E-state index >= 15 is 0 Å². The second-order valence-electron chi connectivity index (χ2n) is 8.92. The fourth-order valence-corrected chi connectivity index (χ4v) is 3.89. The third kappa shape index (κ3) is 3.56. The summed E-state index contributed by atoms with van der Waals surface area (Å²) in [6.45, 7) is 11.0. The van der Waals surface area contributed by atoms with Gasteiger partial charge in [0, 0.05) is 47.7 Å². The minimum atomic E-state index is -0.118. The summed E-state index contributed by atoms with van der Waals surface area (Å²) in [4.78, 5) is 16.8. The minimum Gasteiger partial charge on any atom is -0.390 e. The zero-order valence-corrected chi connectivity index (χ0v) is 17.5. The SMILES string of the molecule is CC(=O)c1cn(CC(C)(C)C)c2c(C)cc(-c3cnc4cc(CO)nn4c3)cc12. The Kier molecular flexibility index (Phi) is 4.54. The van der Waals surface area contributed by atoms with Crippen LogP contribution in [0.2, 0.25) is 0 Å². The van der Waals surface area contributed by atoms with Gasteiger partial charge in [-0.15, -0.1) is 0 Å². The lowest BCUT2D eigenvalue weighted by Gasteiger charge is -2.20. The van der Waals surface area contributed by atoms with Crippen LogP contribution in [-0.4, -0.2) is 30.1 Å². The number of nitrogens with zero attached hydrogens (tertiary/aromatic N) is 4. The van der Waals surface area contributed by atoms with Gasteiger partial charge in [0.25, 0.3) is 0 Å². The van der Waals surface area contributed by atoms with E-state index in [-0.39, 0.29) is 17.8 Å². The molecule has 4 aromatic rings. The van der Waals surface area contributed by atoms with Gasteiger partial charge in [-0.25, -0.2) is 9.50 Å². The summed E-state index contributed by atoms with van der Waals surface area (Å²) in [7, 11) is 0. The van der Waals surface area contributed by atoms with E-state index in [1.807, 2.05) is 12.4 Å². The fourth-order valence-electron chi connectivity index (χ4n) is 3.89. The summed E-state index contributed by atoms with van der Waals surface area (Å²) >= 11 is 0. The van der Waals surface area contributed by atoms with Crippen molar-refractivity contribution < 1.29 is 9.90 Å². The first-order chi connectivity index (χ1) is 13.7. The highest BCUT2D eigenvalue weighted by molar-refractivity contribution is 6.08. The number of Topliss-reactive ketones (excluding diaryl/α,β-unsaturated/α-hetero) is 1. The molecule has 4 rings (SSSR count). The van der Waals surface area contributed by atoms with Gasteiger partial charge in [0.1, 0.15) is 0 Å². The van der Waals surface area contributed by atoms with E-state index in [0.29, 0.717) is 11.3 Å². The molecule has 0 aliphatic heterocycles. The van der Waals surface area contributed by atoms with Gasteiger partial charge in [0.05, 0.1) is 17.8 Å². The normalized spacial score (nSPS) is 12.2. The topological polar surface area (TPSA) is 72.4 Å². The Morgan fingerprint density at radius 3 is 2.55 bits per heavy atom. The van der Waals surface area contributed by atoms with Gasteiger partial charge >= 0.3 is 0 Å². The Bertz CT molecular complexity index is 1240. The lowest BCUT2D eigenvalue weighted by molar-refractivity contribution is 0.101. The molecule has 0 saturated carbocycles. The van der Waals surface area contributed by atoms with Crippen LogP contribution in [0.3, 0.4) is 0 Å². The van der Waals surface area contributed by atoms with Gasteiger partial charge < -0.3 is 9.67 Å². The average Bonchev–Trinajstić information content (AvgIpc) is 3.21. The number of hydrogen-bond donors (Lipinski definition) is 1. The minimum absolute atomic E-state index is 0.0625. The van der Waals surface area contributed by atoms with Crippen molar-refractivity contribution in [3.05, 3.63) is 53.6 Å². The molecule has 6 heteroatoms. The lowest BCUT2D eigenvalue weighted by atomic mass is 9.96. The number of carbonyl (C=O) groups is 1. The number of aryl methyl sites for hydroxylation is 1. The van der Waals surface area contributed by atoms with Crippen LogP contribution >= 0.6 is 0 Å². The number of ketones is 1. The van der Waals surface area contributed by atoms with Gasteiger partial charge in [-0.05, 0) is 42.5 Å². The highest BCUT2D eigenvalue weighted by Gasteiger charge is 2.19. The monoisotopic (exact) mass is 390 g/mol. The van der Waals surface area contributed by atoms with Crippen LogP contribution < -0.4 is 0 Å². The second-order valence-corrected chi connectivity index (χ2v) is 8.92. The Balaban J connectivity index is 1.90. The van der Waals surface area contributed by atoms with Crippen molar-refractivity contribution in [2.45, 2.75) is 47.8 Å². The number of aliphatic hydroxyl groups is 1. The number of fused-ring (bicyclic) bond motifs is 2. The molecule has 0 aliphatic rings. The van der Waals surface area contributed by atoms with E-state index in [9.17, 15) is 9.90 Å². The largest absolute Gasteiger partial charge is 0.390 e. The maximum atomic E-state index is 12.3. The summed E-state index contributed by atoms with van der Waals surface area (Å²) in [6.07, 6.45) is 5.69. The Morgan fingerprint density at radius 2 is 1.90 bits per heavy atom. The lowest BCUT2D eigenvalue weighted by Crippen LogP contribution is -2.15. The Labute approximate surface area is 169 Å². The summed E-state index contributed by atoms with van der Waals surface area (Å²) in [5.41, 5.74) is 6.23. The van der Waals surface area contributed by atoms with Crippen molar-refractivity contribution in [2.75, 3.05) is 0 Å². The van der Waals surface area contributed by atoms with Crippen LogP contribution in [0.5, 0.6) is 0 Å². The molecule has 1 N–H and O–H groups in total. The number of benzene rings is 1. The van der Waals surface area contributed by atoms with Crippen molar-refractivity contribution in [3.8, 4) is 11.1 Å². The van der Waals surface area contributed by atoms with E-state index in [4.69, 9.17) is 0 Å². The van der Waals surface area contributed by atoms with E-state index in [1.165, 1.54) is 0 Å². The maximum Gasteiger partial charge on any atom is 0.161 e. The van der Waals surface area contributed by atoms with Crippen LogP contribution in [0.25, 0.3) is 27.7 Å². The molecule has 0 saturated heterocycles.